The first-order chi connectivity index (χ1) is 12.6. The molecule has 1 aromatic heterocycles. The molecule has 0 spiro atoms. The fourth-order valence-electron chi connectivity index (χ4n) is 2.48. The van der Waals surface area contributed by atoms with Crippen LogP contribution in [0.3, 0.4) is 0 Å². The monoisotopic (exact) mass is 486 g/mol. The van der Waals surface area contributed by atoms with Gasteiger partial charge in [0, 0.05) is 26.1 Å². The molecule has 1 atom stereocenters. The summed E-state index contributed by atoms with van der Waals surface area (Å²) in [5.41, 5.74) is 1.22. The summed E-state index contributed by atoms with van der Waals surface area (Å²) in [7, 11) is 0. The number of nitrogens with one attached hydrogen (secondary N) is 2. The molecule has 8 heteroatoms. The Balaban J connectivity index is 0.00000364. The van der Waals surface area contributed by atoms with Gasteiger partial charge in [0.2, 0.25) is 0 Å². The Bertz CT molecular complexity index is 686. The Hall–Kier alpha value is -1.84. The van der Waals surface area contributed by atoms with Gasteiger partial charge in [0.1, 0.15) is 24.0 Å². The van der Waals surface area contributed by atoms with Crippen molar-refractivity contribution in [2.75, 3.05) is 19.6 Å². The molecule has 1 aromatic carbocycles. The summed E-state index contributed by atoms with van der Waals surface area (Å²) in [6, 6.07) is 8.08. The fraction of sp³-hybridized carbons (Fsp3) is 0.526. The van der Waals surface area contributed by atoms with Gasteiger partial charge in [-0.15, -0.1) is 34.2 Å². The molecule has 2 aromatic rings. The first kappa shape index (κ1) is 23.2. The summed E-state index contributed by atoms with van der Waals surface area (Å²) in [5.74, 6) is 2.66. The number of ether oxygens (including phenoxy) is 1. The van der Waals surface area contributed by atoms with E-state index in [1.807, 2.05) is 31.2 Å². The number of rotatable bonds is 9. The number of hydrogen-bond donors (Lipinski definition) is 2. The molecular weight excluding hydrogens is 455 g/mol. The fourth-order valence-corrected chi connectivity index (χ4v) is 2.48. The lowest BCUT2D eigenvalue weighted by Gasteiger charge is -2.15. The standard InChI is InChI=1S/C19H30N6O.HI/c1-5-18-24-23-14-25(18)12-11-21-19(20-6-2)22-13-16(4)26-17-9-7-15(3)8-10-17;/h7-10,14,16H,5-6,11-13H2,1-4H3,(H2,20,21,22);1H. The summed E-state index contributed by atoms with van der Waals surface area (Å²) in [6.07, 6.45) is 2.64. The summed E-state index contributed by atoms with van der Waals surface area (Å²) in [5, 5.41) is 14.7. The van der Waals surface area contributed by atoms with Crippen LogP contribution < -0.4 is 15.4 Å². The Kier molecular flexibility index (Phi) is 10.8. The second kappa shape index (κ2) is 12.5. The smallest absolute Gasteiger partial charge is 0.191 e. The van der Waals surface area contributed by atoms with Gasteiger partial charge in [0.05, 0.1) is 6.54 Å². The lowest BCUT2D eigenvalue weighted by Crippen LogP contribution is -2.39. The van der Waals surface area contributed by atoms with Gasteiger partial charge in [-0.25, -0.2) is 4.99 Å². The minimum atomic E-state index is -0.00212. The van der Waals surface area contributed by atoms with Crippen molar-refractivity contribution in [3.05, 3.63) is 42.0 Å². The van der Waals surface area contributed by atoms with E-state index in [9.17, 15) is 0 Å². The third-order valence-corrected chi connectivity index (χ3v) is 3.87. The van der Waals surface area contributed by atoms with E-state index < -0.39 is 0 Å². The first-order valence-electron chi connectivity index (χ1n) is 9.24. The maximum Gasteiger partial charge on any atom is 0.191 e. The van der Waals surface area contributed by atoms with Gasteiger partial charge in [-0.05, 0) is 32.9 Å². The summed E-state index contributed by atoms with van der Waals surface area (Å²) >= 11 is 0. The Morgan fingerprint density at radius 1 is 1.22 bits per heavy atom. The van der Waals surface area contributed by atoms with E-state index in [2.05, 4.69) is 51.2 Å². The highest BCUT2D eigenvalue weighted by molar-refractivity contribution is 14.0. The molecule has 1 heterocycles. The van der Waals surface area contributed by atoms with Crippen LogP contribution in [0.15, 0.2) is 35.6 Å². The van der Waals surface area contributed by atoms with Gasteiger partial charge >= 0.3 is 0 Å². The third-order valence-electron chi connectivity index (χ3n) is 3.87. The largest absolute Gasteiger partial charge is 0.489 e. The maximum absolute atomic E-state index is 5.91. The van der Waals surface area contributed by atoms with Crippen LogP contribution >= 0.6 is 24.0 Å². The van der Waals surface area contributed by atoms with Crippen LogP contribution in [0.4, 0.5) is 0 Å². The predicted molar refractivity (Wildman–Crippen MR) is 120 cm³/mol. The van der Waals surface area contributed by atoms with Crippen LogP contribution in [0.5, 0.6) is 5.75 Å². The number of aryl methyl sites for hydroxylation is 2. The molecule has 0 fully saturated rings. The average molecular weight is 486 g/mol. The molecule has 0 saturated carbocycles. The molecular formula is C19H31IN6O. The van der Waals surface area contributed by atoms with Crippen molar-refractivity contribution in [1.82, 2.24) is 25.4 Å². The van der Waals surface area contributed by atoms with Crippen LogP contribution in [0.25, 0.3) is 0 Å². The SMILES string of the molecule is CCNC(=NCC(C)Oc1ccc(C)cc1)NCCn1cnnc1CC.I. The van der Waals surface area contributed by atoms with Gasteiger partial charge in [-0.1, -0.05) is 24.6 Å². The van der Waals surface area contributed by atoms with Gasteiger partial charge in [0.25, 0.3) is 0 Å². The second-order valence-electron chi connectivity index (χ2n) is 6.18. The van der Waals surface area contributed by atoms with Crippen molar-refractivity contribution in [2.24, 2.45) is 4.99 Å². The minimum absolute atomic E-state index is 0. The Morgan fingerprint density at radius 2 is 1.96 bits per heavy atom. The summed E-state index contributed by atoms with van der Waals surface area (Å²) in [4.78, 5) is 4.62. The Morgan fingerprint density at radius 3 is 2.63 bits per heavy atom. The van der Waals surface area contributed by atoms with Crippen LogP contribution in [0.2, 0.25) is 0 Å². The molecule has 7 nitrogen and oxygen atoms in total. The van der Waals surface area contributed by atoms with Gasteiger partial charge in [-0.2, -0.15) is 0 Å². The quantitative estimate of drug-likeness (QED) is 0.324. The lowest BCUT2D eigenvalue weighted by atomic mass is 10.2. The van der Waals surface area contributed by atoms with Gasteiger partial charge in [0.15, 0.2) is 5.96 Å². The van der Waals surface area contributed by atoms with Crippen LogP contribution in [-0.2, 0) is 13.0 Å². The van der Waals surface area contributed by atoms with Crippen LogP contribution in [0.1, 0.15) is 32.2 Å². The average Bonchev–Trinajstić information content (AvgIpc) is 3.09. The van der Waals surface area contributed by atoms with E-state index in [4.69, 9.17) is 4.74 Å². The zero-order chi connectivity index (χ0) is 18.8. The van der Waals surface area contributed by atoms with E-state index in [0.29, 0.717) is 6.54 Å². The molecule has 1 unspecified atom stereocenters. The topological polar surface area (TPSA) is 76.4 Å². The zero-order valence-corrected chi connectivity index (χ0v) is 18.9. The number of guanidine groups is 1. The predicted octanol–water partition coefficient (Wildman–Crippen LogP) is 2.79. The molecule has 0 radical (unpaired) electrons. The molecule has 150 valence electrons. The van der Waals surface area contributed by atoms with E-state index in [-0.39, 0.29) is 30.1 Å². The molecule has 0 aliphatic carbocycles. The zero-order valence-electron chi connectivity index (χ0n) is 16.6. The molecule has 0 amide bonds. The summed E-state index contributed by atoms with van der Waals surface area (Å²) < 4.78 is 7.96. The highest BCUT2D eigenvalue weighted by Crippen LogP contribution is 2.13. The van der Waals surface area contributed by atoms with E-state index in [0.717, 1.165) is 43.6 Å². The van der Waals surface area contributed by atoms with Crippen LogP contribution in [-0.4, -0.2) is 46.5 Å². The number of aromatic nitrogens is 3. The lowest BCUT2D eigenvalue weighted by molar-refractivity contribution is 0.230. The first-order valence-corrected chi connectivity index (χ1v) is 9.24. The van der Waals surface area contributed by atoms with E-state index >= 15 is 0 Å². The maximum atomic E-state index is 5.91. The van der Waals surface area contributed by atoms with Crippen molar-refractivity contribution in [2.45, 2.75) is 46.8 Å². The van der Waals surface area contributed by atoms with Crippen molar-refractivity contribution >= 4 is 29.9 Å². The second-order valence-corrected chi connectivity index (χ2v) is 6.18. The Labute approximate surface area is 179 Å². The van der Waals surface area contributed by atoms with Crippen molar-refractivity contribution in [3.63, 3.8) is 0 Å². The molecule has 0 saturated heterocycles. The van der Waals surface area contributed by atoms with Crippen molar-refractivity contribution < 1.29 is 4.74 Å². The van der Waals surface area contributed by atoms with Crippen molar-refractivity contribution in [3.8, 4) is 5.75 Å². The van der Waals surface area contributed by atoms with E-state index in [1.54, 1.807) is 6.33 Å². The molecule has 2 rings (SSSR count). The molecule has 2 N–H and O–H groups in total. The van der Waals surface area contributed by atoms with Gasteiger partial charge < -0.3 is 19.9 Å². The number of halogens is 1. The molecule has 0 aliphatic rings. The van der Waals surface area contributed by atoms with Crippen molar-refractivity contribution in [1.29, 1.82) is 0 Å². The number of hydrogen-bond acceptors (Lipinski definition) is 4. The minimum Gasteiger partial charge on any atom is -0.489 e. The molecule has 0 aliphatic heterocycles. The van der Waals surface area contributed by atoms with Gasteiger partial charge in [-0.3, -0.25) is 0 Å². The third kappa shape index (κ3) is 8.15. The van der Waals surface area contributed by atoms with E-state index in [1.165, 1.54) is 5.56 Å². The highest BCUT2D eigenvalue weighted by atomic mass is 127. The normalized spacial score (nSPS) is 12.2. The molecule has 27 heavy (non-hydrogen) atoms. The number of benzene rings is 1. The highest BCUT2D eigenvalue weighted by Gasteiger charge is 2.05. The van der Waals surface area contributed by atoms with Crippen LogP contribution in [0, 0.1) is 6.92 Å². The number of nitrogens with zero attached hydrogens (tertiary/aromatic N) is 4. The summed E-state index contributed by atoms with van der Waals surface area (Å²) in [6.45, 7) is 11.2. The number of aliphatic imine (C=N–C) groups is 1. The molecule has 0 bridgehead atoms.